The zero-order valence-corrected chi connectivity index (χ0v) is 15.1. The van der Waals surface area contributed by atoms with Crippen molar-refractivity contribution in [2.45, 2.75) is 44.6 Å². The van der Waals surface area contributed by atoms with Crippen molar-refractivity contribution in [3.63, 3.8) is 0 Å². The van der Waals surface area contributed by atoms with Crippen molar-refractivity contribution < 1.29 is 4.79 Å². The van der Waals surface area contributed by atoms with Crippen LogP contribution in [0.3, 0.4) is 0 Å². The summed E-state index contributed by atoms with van der Waals surface area (Å²) in [5.41, 5.74) is 5.18. The minimum Gasteiger partial charge on any atom is -0.343 e. The normalized spacial score (nSPS) is 17.4. The highest BCUT2D eigenvalue weighted by atomic mass is 16.1. The van der Waals surface area contributed by atoms with Crippen LogP contribution in [-0.2, 0) is 17.6 Å². The van der Waals surface area contributed by atoms with Gasteiger partial charge in [0.25, 0.3) is 0 Å². The Morgan fingerprint density at radius 1 is 0.846 bits per heavy atom. The van der Waals surface area contributed by atoms with Crippen LogP contribution in [0.25, 0.3) is 11.1 Å². The molecule has 4 rings (SSSR count). The molecule has 2 aromatic carbocycles. The minimum atomic E-state index is 0.0247. The van der Waals surface area contributed by atoms with E-state index < -0.39 is 0 Å². The molecule has 0 aliphatic heterocycles. The fourth-order valence-electron chi connectivity index (χ4n) is 3.98. The molecule has 1 aromatic heterocycles. The molecule has 1 atom stereocenters. The lowest BCUT2D eigenvalue weighted by Crippen LogP contribution is -2.21. The number of carbonyl (C=O) groups is 1. The highest BCUT2D eigenvalue weighted by Gasteiger charge is 2.24. The summed E-state index contributed by atoms with van der Waals surface area (Å²) in [5.74, 6) is 0.389. The van der Waals surface area contributed by atoms with Crippen LogP contribution in [0.1, 0.15) is 42.9 Å². The predicted octanol–water partition coefficient (Wildman–Crippen LogP) is 5.62. The van der Waals surface area contributed by atoms with Gasteiger partial charge in [0.05, 0.1) is 6.04 Å². The number of benzene rings is 2. The van der Waals surface area contributed by atoms with Crippen LogP contribution in [0.2, 0.25) is 0 Å². The van der Waals surface area contributed by atoms with Gasteiger partial charge in [0.2, 0.25) is 0 Å². The van der Waals surface area contributed by atoms with Gasteiger partial charge in [-0.1, -0.05) is 67.1 Å². The first-order chi connectivity index (χ1) is 12.8. The Morgan fingerprint density at radius 2 is 1.58 bits per heavy atom. The summed E-state index contributed by atoms with van der Waals surface area (Å²) in [4.78, 5) is 12.4. The smallest absolute Gasteiger partial charge is 0.155 e. The van der Waals surface area contributed by atoms with Gasteiger partial charge in [-0.15, -0.1) is 0 Å². The number of aromatic nitrogens is 1. The van der Waals surface area contributed by atoms with Gasteiger partial charge in [-0.2, -0.15) is 0 Å². The lowest BCUT2D eigenvalue weighted by atomic mass is 9.94. The van der Waals surface area contributed by atoms with E-state index in [-0.39, 0.29) is 6.04 Å². The number of aryl methyl sites for hydroxylation is 2. The standard InChI is InChI=1S/C24H25NO/c26-24-14-8-7-13-23(24)25-17-21(16-15-19-9-3-1-4-10-19)22(18-25)20-11-5-2-6-12-20/h1-6,9-12,17-18,23H,7-8,13-16H2. The second-order valence-corrected chi connectivity index (χ2v) is 7.22. The van der Waals surface area contributed by atoms with Gasteiger partial charge in [-0.05, 0) is 42.4 Å². The van der Waals surface area contributed by atoms with E-state index in [1.165, 1.54) is 22.3 Å². The van der Waals surface area contributed by atoms with Crippen molar-refractivity contribution in [2.24, 2.45) is 0 Å². The third-order valence-electron chi connectivity index (χ3n) is 5.42. The molecule has 3 aromatic rings. The van der Waals surface area contributed by atoms with Gasteiger partial charge >= 0.3 is 0 Å². The van der Waals surface area contributed by atoms with E-state index in [1.807, 2.05) is 0 Å². The Morgan fingerprint density at radius 3 is 2.31 bits per heavy atom. The van der Waals surface area contributed by atoms with Crippen LogP contribution < -0.4 is 0 Å². The molecule has 0 bridgehead atoms. The molecule has 1 fully saturated rings. The largest absolute Gasteiger partial charge is 0.343 e. The molecular weight excluding hydrogens is 318 g/mol. The average Bonchev–Trinajstić information content (AvgIpc) is 3.12. The van der Waals surface area contributed by atoms with Crippen molar-refractivity contribution in [2.75, 3.05) is 0 Å². The second kappa shape index (κ2) is 7.74. The number of hydrogen-bond donors (Lipinski definition) is 0. The summed E-state index contributed by atoms with van der Waals surface area (Å²) < 4.78 is 2.18. The van der Waals surface area contributed by atoms with E-state index in [0.29, 0.717) is 5.78 Å². The summed E-state index contributed by atoms with van der Waals surface area (Å²) in [5, 5.41) is 0. The summed E-state index contributed by atoms with van der Waals surface area (Å²) in [6, 6.07) is 21.2. The lowest BCUT2D eigenvalue weighted by Gasteiger charge is -2.22. The highest BCUT2D eigenvalue weighted by molar-refractivity contribution is 5.83. The molecule has 1 saturated carbocycles. The first kappa shape index (κ1) is 16.8. The van der Waals surface area contributed by atoms with E-state index in [9.17, 15) is 4.79 Å². The maximum atomic E-state index is 12.4. The molecule has 26 heavy (non-hydrogen) atoms. The molecule has 0 N–H and O–H groups in total. The molecule has 2 heteroatoms. The summed E-state index contributed by atoms with van der Waals surface area (Å²) >= 11 is 0. The molecule has 1 unspecified atom stereocenters. The first-order valence-corrected chi connectivity index (χ1v) is 9.64. The van der Waals surface area contributed by atoms with Crippen LogP contribution in [-0.4, -0.2) is 10.4 Å². The molecule has 0 radical (unpaired) electrons. The van der Waals surface area contributed by atoms with Gasteiger partial charge in [0, 0.05) is 24.4 Å². The van der Waals surface area contributed by atoms with E-state index in [0.717, 1.165) is 38.5 Å². The van der Waals surface area contributed by atoms with Gasteiger partial charge in [0.15, 0.2) is 5.78 Å². The van der Waals surface area contributed by atoms with Gasteiger partial charge in [-0.25, -0.2) is 0 Å². The zero-order valence-electron chi connectivity index (χ0n) is 15.1. The maximum Gasteiger partial charge on any atom is 0.155 e. The van der Waals surface area contributed by atoms with Crippen molar-refractivity contribution in [1.82, 2.24) is 4.57 Å². The molecule has 1 heterocycles. The monoisotopic (exact) mass is 343 g/mol. The van der Waals surface area contributed by atoms with Crippen LogP contribution >= 0.6 is 0 Å². The lowest BCUT2D eigenvalue weighted by molar-refractivity contribution is -0.123. The number of nitrogens with zero attached hydrogens (tertiary/aromatic N) is 1. The molecule has 1 aliphatic carbocycles. The van der Waals surface area contributed by atoms with Crippen LogP contribution in [0.5, 0.6) is 0 Å². The average molecular weight is 343 g/mol. The zero-order chi connectivity index (χ0) is 17.8. The van der Waals surface area contributed by atoms with Crippen molar-refractivity contribution in [3.05, 3.63) is 84.2 Å². The van der Waals surface area contributed by atoms with E-state index in [1.54, 1.807) is 0 Å². The number of ketones is 1. The quantitative estimate of drug-likeness (QED) is 0.589. The molecule has 2 nitrogen and oxygen atoms in total. The molecule has 0 saturated heterocycles. The molecule has 132 valence electrons. The molecule has 0 amide bonds. The van der Waals surface area contributed by atoms with E-state index >= 15 is 0 Å². The molecule has 0 spiro atoms. The van der Waals surface area contributed by atoms with Crippen molar-refractivity contribution in [3.8, 4) is 11.1 Å². The van der Waals surface area contributed by atoms with Crippen LogP contribution in [0.4, 0.5) is 0 Å². The third-order valence-corrected chi connectivity index (χ3v) is 5.42. The predicted molar refractivity (Wildman–Crippen MR) is 106 cm³/mol. The first-order valence-electron chi connectivity index (χ1n) is 9.64. The number of carbonyl (C=O) groups excluding carboxylic acids is 1. The number of hydrogen-bond acceptors (Lipinski definition) is 1. The van der Waals surface area contributed by atoms with Crippen LogP contribution in [0.15, 0.2) is 73.1 Å². The van der Waals surface area contributed by atoms with Gasteiger partial charge in [0.1, 0.15) is 0 Å². The van der Waals surface area contributed by atoms with E-state index in [2.05, 4.69) is 77.6 Å². The van der Waals surface area contributed by atoms with Crippen molar-refractivity contribution in [1.29, 1.82) is 0 Å². The van der Waals surface area contributed by atoms with Crippen molar-refractivity contribution >= 4 is 5.78 Å². The fraction of sp³-hybridized carbons (Fsp3) is 0.292. The number of rotatable bonds is 5. The summed E-state index contributed by atoms with van der Waals surface area (Å²) in [6.07, 6.45) is 10.3. The Bertz CT molecular complexity index is 864. The maximum absolute atomic E-state index is 12.4. The van der Waals surface area contributed by atoms with E-state index in [4.69, 9.17) is 0 Å². The topological polar surface area (TPSA) is 22.0 Å². The third kappa shape index (κ3) is 3.65. The Kier molecular flexibility index (Phi) is 5.01. The Balaban J connectivity index is 1.65. The highest BCUT2D eigenvalue weighted by Crippen LogP contribution is 2.31. The Labute approximate surface area is 155 Å². The second-order valence-electron chi connectivity index (χ2n) is 7.22. The fourth-order valence-corrected chi connectivity index (χ4v) is 3.98. The van der Waals surface area contributed by atoms with Gasteiger partial charge < -0.3 is 4.57 Å². The summed E-state index contributed by atoms with van der Waals surface area (Å²) in [6.45, 7) is 0. The summed E-state index contributed by atoms with van der Waals surface area (Å²) in [7, 11) is 0. The van der Waals surface area contributed by atoms with Crippen LogP contribution in [0, 0.1) is 0 Å². The molecular formula is C24H25NO. The SMILES string of the molecule is O=C1CCCCC1n1cc(CCc2ccccc2)c(-c2ccccc2)c1. The molecule has 1 aliphatic rings. The van der Waals surface area contributed by atoms with Gasteiger partial charge in [-0.3, -0.25) is 4.79 Å². The number of Topliss-reactive ketones (excluding diaryl/α,β-unsaturated/α-hetero) is 1. The minimum absolute atomic E-state index is 0.0247. The Hall–Kier alpha value is -2.61.